The van der Waals surface area contributed by atoms with Crippen LogP contribution in [0, 0.1) is 0 Å². The number of allylic oxidation sites excluding steroid dienone is 4. The molecule has 11 heavy (non-hydrogen) atoms. The largest absolute Gasteiger partial charge is 0.399 e. The summed E-state index contributed by atoms with van der Waals surface area (Å²) >= 11 is 0. The SMILES string of the molecule is C=C/C=C(C(=C)N)\C(F)=C/C. The first-order valence-corrected chi connectivity index (χ1v) is 3.23. The van der Waals surface area contributed by atoms with Crippen LogP contribution >= 0.6 is 0 Å². The van der Waals surface area contributed by atoms with Gasteiger partial charge >= 0.3 is 0 Å². The van der Waals surface area contributed by atoms with Crippen LogP contribution in [-0.4, -0.2) is 0 Å². The molecule has 0 unspecified atom stereocenters. The van der Waals surface area contributed by atoms with E-state index < -0.39 is 0 Å². The smallest absolute Gasteiger partial charge is 0.128 e. The average Bonchev–Trinajstić information content (AvgIpc) is 1.98. The Morgan fingerprint density at radius 3 is 2.36 bits per heavy atom. The van der Waals surface area contributed by atoms with Crippen molar-refractivity contribution in [3.05, 3.63) is 48.5 Å². The molecule has 0 aromatic carbocycles. The number of hydrogen-bond acceptors (Lipinski definition) is 1. The van der Waals surface area contributed by atoms with Crippen molar-refractivity contribution in [2.75, 3.05) is 0 Å². The van der Waals surface area contributed by atoms with Gasteiger partial charge in [0, 0.05) is 11.3 Å². The van der Waals surface area contributed by atoms with E-state index in [0.29, 0.717) is 5.57 Å². The van der Waals surface area contributed by atoms with Gasteiger partial charge in [0.25, 0.3) is 0 Å². The molecule has 1 nitrogen and oxygen atoms in total. The van der Waals surface area contributed by atoms with Gasteiger partial charge in [0.1, 0.15) is 5.83 Å². The van der Waals surface area contributed by atoms with Crippen LogP contribution in [0.3, 0.4) is 0 Å². The maximum atomic E-state index is 12.8. The van der Waals surface area contributed by atoms with E-state index in [2.05, 4.69) is 13.2 Å². The lowest BCUT2D eigenvalue weighted by Gasteiger charge is -2.01. The van der Waals surface area contributed by atoms with Crippen molar-refractivity contribution in [3.63, 3.8) is 0 Å². The van der Waals surface area contributed by atoms with Crippen LogP contribution in [0.1, 0.15) is 6.92 Å². The van der Waals surface area contributed by atoms with Crippen molar-refractivity contribution in [1.29, 1.82) is 0 Å². The molecule has 0 bridgehead atoms. The lowest BCUT2D eigenvalue weighted by molar-refractivity contribution is 0.651. The molecule has 0 fully saturated rings. The lowest BCUT2D eigenvalue weighted by Crippen LogP contribution is -1.99. The topological polar surface area (TPSA) is 26.0 Å². The lowest BCUT2D eigenvalue weighted by atomic mass is 10.1. The van der Waals surface area contributed by atoms with Crippen molar-refractivity contribution in [1.82, 2.24) is 0 Å². The van der Waals surface area contributed by atoms with Crippen molar-refractivity contribution >= 4 is 0 Å². The van der Waals surface area contributed by atoms with Gasteiger partial charge in [-0.3, -0.25) is 0 Å². The predicted octanol–water partition coefficient (Wildman–Crippen LogP) is 2.44. The average molecular weight is 153 g/mol. The fourth-order valence-corrected chi connectivity index (χ4v) is 0.613. The van der Waals surface area contributed by atoms with E-state index in [4.69, 9.17) is 5.73 Å². The summed E-state index contributed by atoms with van der Waals surface area (Å²) in [5.41, 5.74) is 5.81. The molecule has 0 amide bonds. The van der Waals surface area contributed by atoms with Crippen molar-refractivity contribution in [2.24, 2.45) is 5.73 Å². The van der Waals surface area contributed by atoms with Gasteiger partial charge in [-0.2, -0.15) is 0 Å². The molecular weight excluding hydrogens is 141 g/mol. The summed E-state index contributed by atoms with van der Waals surface area (Å²) in [7, 11) is 0. The quantitative estimate of drug-likeness (QED) is 0.619. The Balaban J connectivity index is 4.76. The van der Waals surface area contributed by atoms with Gasteiger partial charge in [0.2, 0.25) is 0 Å². The molecule has 2 heteroatoms. The number of nitrogens with two attached hydrogens (primary N) is 1. The molecule has 0 spiro atoms. The van der Waals surface area contributed by atoms with Gasteiger partial charge < -0.3 is 5.73 Å². The Morgan fingerprint density at radius 2 is 2.09 bits per heavy atom. The zero-order chi connectivity index (χ0) is 8.85. The highest BCUT2D eigenvalue weighted by Gasteiger charge is 2.02. The first kappa shape index (κ1) is 9.69. The molecular formula is C9H12FN. The van der Waals surface area contributed by atoms with Gasteiger partial charge in [-0.05, 0) is 6.92 Å². The molecule has 0 aliphatic heterocycles. The minimum atomic E-state index is -0.377. The maximum Gasteiger partial charge on any atom is 0.128 e. The van der Waals surface area contributed by atoms with E-state index in [1.807, 2.05) is 0 Å². The zero-order valence-corrected chi connectivity index (χ0v) is 6.60. The third-order valence-electron chi connectivity index (χ3n) is 1.14. The Hall–Kier alpha value is -1.31. The van der Waals surface area contributed by atoms with Crippen LogP contribution in [0.2, 0.25) is 0 Å². The molecule has 0 radical (unpaired) electrons. The summed E-state index contributed by atoms with van der Waals surface area (Å²) in [5, 5.41) is 0. The minimum absolute atomic E-state index is 0.209. The first-order valence-electron chi connectivity index (χ1n) is 3.23. The third kappa shape index (κ3) is 2.85. The zero-order valence-electron chi connectivity index (χ0n) is 6.60. The van der Waals surface area contributed by atoms with E-state index >= 15 is 0 Å². The summed E-state index contributed by atoms with van der Waals surface area (Å²) < 4.78 is 12.8. The molecule has 0 rings (SSSR count). The summed E-state index contributed by atoms with van der Waals surface area (Å²) in [6.07, 6.45) is 4.28. The molecule has 0 aliphatic carbocycles. The summed E-state index contributed by atoms with van der Waals surface area (Å²) in [5.74, 6) is -0.377. The monoisotopic (exact) mass is 153 g/mol. The molecule has 0 aliphatic rings. The van der Waals surface area contributed by atoms with Gasteiger partial charge in [-0.15, -0.1) is 0 Å². The molecule has 0 atom stereocenters. The fourth-order valence-electron chi connectivity index (χ4n) is 0.613. The van der Waals surface area contributed by atoms with Crippen LogP contribution in [0.25, 0.3) is 0 Å². The molecule has 0 saturated heterocycles. The van der Waals surface area contributed by atoms with E-state index in [9.17, 15) is 4.39 Å². The van der Waals surface area contributed by atoms with Gasteiger partial charge in [-0.25, -0.2) is 4.39 Å². The second-order valence-electron chi connectivity index (χ2n) is 1.98. The number of rotatable bonds is 3. The fraction of sp³-hybridized carbons (Fsp3) is 0.111. The Bertz CT molecular complexity index is 224. The highest BCUT2D eigenvalue weighted by atomic mass is 19.1. The van der Waals surface area contributed by atoms with E-state index in [-0.39, 0.29) is 11.5 Å². The number of hydrogen-bond donors (Lipinski definition) is 1. The minimum Gasteiger partial charge on any atom is -0.399 e. The maximum absolute atomic E-state index is 12.8. The van der Waals surface area contributed by atoms with Crippen LogP contribution < -0.4 is 5.73 Å². The van der Waals surface area contributed by atoms with Crippen molar-refractivity contribution < 1.29 is 4.39 Å². The molecule has 0 aromatic heterocycles. The van der Waals surface area contributed by atoms with Crippen LogP contribution in [0.15, 0.2) is 48.5 Å². The summed E-state index contributed by atoms with van der Waals surface area (Å²) in [6, 6.07) is 0. The van der Waals surface area contributed by atoms with E-state index in [1.165, 1.54) is 18.2 Å². The standard InChI is InChI=1S/C9H12FN/c1-4-6-8(7(3)11)9(10)5-2/h4-6H,1,3,11H2,2H3/b8-6-,9-5+. The normalized spacial score (nSPS) is 12.9. The third-order valence-corrected chi connectivity index (χ3v) is 1.14. The highest BCUT2D eigenvalue weighted by Crippen LogP contribution is 2.15. The Labute approximate surface area is 66.4 Å². The summed E-state index contributed by atoms with van der Waals surface area (Å²) in [6.45, 7) is 8.45. The Kier molecular flexibility index (Phi) is 3.96. The van der Waals surface area contributed by atoms with Crippen molar-refractivity contribution in [2.45, 2.75) is 6.92 Å². The number of halogens is 1. The second kappa shape index (κ2) is 4.50. The van der Waals surface area contributed by atoms with Crippen molar-refractivity contribution in [3.8, 4) is 0 Å². The van der Waals surface area contributed by atoms with Gasteiger partial charge in [-0.1, -0.05) is 31.4 Å². The van der Waals surface area contributed by atoms with Crippen LogP contribution in [-0.2, 0) is 0 Å². The first-order chi connectivity index (χ1) is 5.13. The Morgan fingerprint density at radius 1 is 1.55 bits per heavy atom. The highest BCUT2D eigenvalue weighted by molar-refractivity contribution is 5.41. The van der Waals surface area contributed by atoms with Crippen LogP contribution in [0.4, 0.5) is 4.39 Å². The second-order valence-corrected chi connectivity index (χ2v) is 1.98. The van der Waals surface area contributed by atoms with Gasteiger partial charge in [0.05, 0.1) is 0 Å². The van der Waals surface area contributed by atoms with Crippen LogP contribution in [0.5, 0.6) is 0 Å². The molecule has 0 saturated carbocycles. The predicted molar refractivity (Wildman–Crippen MR) is 46.5 cm³/mol. The molecule has 2 N–H and O–H groups in total. The van der Waals surface area contributed by atoms with E-state index in [0.717, 1.165) is 0 Å². The molecule has 0 heterocycles. The van der Waals surface area contributed by atoms with E-state index in [1.54, 1.807) is 6.92 Å². The summed E-state index contributed by atoms with van der Waals surface area (Å²) in [4.78, 5) is 0. The molecule has 0 aromatic rings. The molecule has 60 valence electrons. The van der Waals surface area contributed by atoms with Gasteiger partial charge in [0.15, 0.2) is 0 Å².